The number of aliphatic hydroxyl groups excluding tert-OH is 9. The summed E-state index contributed by atoms with van der Waals surface area (Å²) in [4.78, 5) is 73.5. The third-order valence-corrected chi connectivity index (χ3v) is 15.6. The number of aliphatic hydroxyl groups is 9. The molecule has 0 saturated carbocycles. The van der Waals surface area contributed by atoms with Crippen molar-refractivity contribution in [3.8, 4) is 5.75 Å². The third kappa shape index (κ3) is 18.7. The van der Waals surface area contributed by atoms with Crippen LogP contribution in [0.2, 0.25) is 0 Å². The Morgan fingerprint density at radius 1 is 0.650 bits per heavy atom. The average Bonchev–Trinajstić information content (AvgIpc) is 4.04. The fraction of sp³-hybridized carbons (Fsp3) is 0.760. The van der Waals surface area contributed by atoms with Gasteiger partial charge < -0.3 is 116 Å². The molecular formula is C50H79N7O22S. The lowest BCUT2D eigenvalue weighted by Crippen LogP contribution is -2.68. The van der Waals surface area contributed by atoms with Crippen molar-refractivity contribution in [2.45, 2.75) is 181 Å². The van der Waals surface area contributed by atoms with Gasteiger partial charge in [0, 0.05) is 63.4 Å². The Kier molecular flexibility index (Phi) is 26.1. The van der Waals surface area contributed by atoms with E-state index in [-0.39, 0.29) is 81.4 Å². The number of fused-ring (bicyclic) bond motifs is 1. The maximum absolute atomic E-state index is 12.7. The van der Waals surface area contributed by atoms with Gasteiger partial charge in [0.1, 0.15) is 78.9 Å². The predicted octanol–water partition coefficient (Wildman–Crippen LogP) is -5.68. The van der Waals surface area contributed by atoms with Crippen LogP contribution in [0.4, 0.5) is 4.79 Å². The van der Waals surface area contributed by atoms with Crippen LogP contribution in [0, 0.1) is 0 Å². The SMILES string of the molecule is CC(=O)NC1C(O)[C@H](O[C@@H]2OC(CO)[C@H](O)C(O[C@H]3OC(CO)[C@H](O)C(O)C3O)C2O)C(CO)O[C@H]1OCCCNC(=O)COc1cccc(CNC(=O)CCCCC(=O)NCCNC(=O)CCCC[C@@H]2SC[C@@H]3NC(=O)N[C@@H]32)c1. The monoisotopic (exact) mass is 1160 g/mol. The zero-order valence-corrected chi connectivity index (χ0v) is 45.2. The second kappa shape index (κ2) is 32.3. The summed E-state index contributed by atoms with van der Waals surface area (Å²) in [6.45, 7) is -0.833. The minimum Gasteiger partial charge on any atom is -0.484 e. The van der Waals surface area contributed by atoms with Crippen LogP contribution >= 0.6 is 11.8 Å². The summed E-state index contributed by atoms with van der Waals surface area (Å²) >= 11 is 1.85. The summed E-state index contributed by atoms with van der Waals surface area (Å²) in [5.74, 6) is -0.266. The number of nitrogens with one attached hydrogen (secondary N) is 7. The Bertz CT molecular complexity index is 2160. The molecule has 5 fully saturated rings. The summed E-state index contributed by atoms with van der Waals surface area (Å²) < 4.78 is 39.8. The number of urea groups is 1. The van der Waals surface area contributed by atoms with Gasteiger partial charge in [-0.3, -0.25) is 24.0 Å². The van der Waals surface area contributed by atoms with Gasteiger partial charge >= 0.3 is 6.03 Å². The van der Waals surface area contributed by atoms with Gasteiger partial charge in [-0.1, -0.05) is 18.6 Å². The molecule has 5 saturated heterocycles. The number of carbonyl (C=O) groups is 6. The van der Waals surface area contributed by atoms with E-state index in [0.717, 1.165) is 37.5 Å². The van der Waals surface area contributed by atoms with Gasteiger partial charge in [0.05, 0.1) is 38.5 Å². The number of amides is 7. The van der Waals surface area contributed by atoms with E-state index in [2.05, 4.69) is 37.2 Å². The first-order valence-electron chi connectivity index (χ1n) is 26.9. The van der Waals surface area contributed by atoms with Crippen LogP contribution in [-0.2, 0) is 58.9 Å². The number of thioether (sulfide) groups is 1. The van der Waals surface area contributed by atoms with Gasteiger partial charge in [-0.2, -0.15) is 11.8 Å². The topological polar surface area (TPSA) is 433 Å². The Morgan fingerprint density at radius 2 is 1.25 bits per heavy atom. The normalized spacial score (nSPS) is 32.9. The molecule has 452 valence electrons. The standard InChI is InChI=1S/C50H79N7O22S/c1-25(61)55-38-41(68)45(78-49-44(71)46(40(67)30(21-59)76-49)79-48-43(70)42(69)39(66)29(20-58)75-48)31(22-60)77-47(38)73-17-7-14-51-36(65)23-74-27-9-6-8-26(18-27)19-54-35(64)13-5-4-12-34(63)53-16-15-52-33(62)11-3-2-10-32-37-28(24-80-32)56-50(72)57-37/h6,8-9,18,28-32,37-49,58-60,66-71H,2-5,7,10-17,19-24H2,1H3,(H,51,65)(H,52,62)(H,53,63)(H,54,64)(H,55,61)(H2,56,57,72)/t28-,29?,30?,31?,32-,37-,38?,39-,40-,41?,42?,43?,44?,45+,46?,47+,48+,49-/m0/s1. The molecule has 5 heterocycles. The van der Waals surface area contributed by atoms with Crippen molar-refractivity contribution in [3.63, 3.8) is 0 Å². The predicted molar refractivity (Wildman–Crippen MR) is 276 cm³/mol. The molecule has 0 bridgehead atoms. The summed E-state index contributed by atoms with van der Waals surface area (Å²) in [5.41, 5.74) is 0.719. The molecule has 5 aliphatic rings. The van der Waals surface area contributed by atoms with E-state index < -0.39 is 124 Å². The smallest absolute Gasteiger partial charge is 0.315 e. The molecule has 0 aromatic heterocycles. The van der Waals surface area contributed by atoms with Gasteiger partial charge in [-0.25, -0.2) is 4.79 Å². The zero-order chi connectivity index (χ0) is 57.9. The Morgan fingerprint density at radius 3 is 1.91 bits per heavy atom. The lowest BCUT2D eigenvalue weighted by atomic mass is 9.95. The Balaban J connectivity index is 0.827. The van der Waals surface area contributed by atoms with E-state index in [0.29, 0.717) is 43.4 Å². The number of hydrogen-bond donors (Lipinski definition) is 16. The molecule has 9 unspecified atom stereocenters. The first-order chi connectivity index (χ1) is 38.4. The van der Waals surface area contributed by atoms with E-state index in [4.69, 9.17) is 33.2 Å². The molecular weight excluding hydrogens is 1080 g/mol. The van der Waals surface area contributed by atoms with E-state index >= 15 is 0 Å². The number of unbranched alkanes of at least 4 members (excludes halogenated alkanes) is 2. The molecule has 1 aromatic rings. The van der Waals surface area contributed by atoms with Crippen LogP contribution in [0.3, 0.4) is 0 Å². The molecule has 80 heavy (non-hydrogen) atoms. The number of ether oxygens (including phenoxy) is 7. The molecule has 18 atom stereocenters. The first kappa shape index (κ1) is 64.6. The molecule has 30 heteroatoms. The van der Waals surface area contributed by atoms with Crippen molar-refractivity contribution in [3.05, 3.63) is 29.8 Å². The lowest BCUT2D eigenvalue weighted by Gasteiger charge is -2.48. The summed E-state index contributed by atoms with van der Waals surface area (Å²) in [6, 6.07) is 5.68. The second-order valence-corrected chi connectivity index (χ2v) is 21.4. The molecule has 16 N–H and O–H groups in total. The van der Waals surface area contributed by atoms with Gasteiger partial charge in [0.25, 0.3) is 5.91 Å². The summed E-state index contributed by atoms with van der Waals surface area (Å²) in [6.07, 6.45) is -19.2. The summed E-state index contributed by atoms with van der Waals surface area (Å²) in [5, 5.41) is 114. The molecule has 29 nitrogen and oxygen atoms in total. The van der Waals surface area contributed by atoms with Crippen LogP contribution in [-0.4, -0.2) is 249 Å². The van der Waals surface area contributed by atoms with E-state index in [1.807, 2.05) is 11.8 Å². The fourth-order valence-electron chi connectivity index (χ4n) is 9.74. The quantitative estimate of drug-likeness (QED) is 0.0243. The van der Waals surface area contributed by atoms with Gasteiger partial charge in [-0.15, -0.1) is 0 Å². The molecule has 5 aliphatic heterocycles. The van der Waals surface area contributed by atoms with E-state index in [9.17, 15) is 74.7 Å². The first-order valence-corrected chi connectivity index (χ1v) is 28.0. The second-order valence-electron chi connectivity index (χ2n) is 20.1. The third-order valence-electron chi connectivity index (χ3n) is 14.1. The van der Waals surface area contributed by atoms with Gasteiger partial charge in [0.15, 0.2) is 25.5 Å². The van der Waals surface area contributed by atoms with Crippen LogP contribution < -0.4 is 42.0 Å². The number of hydrogen-bond acceptors (Lipinski definition) is 23. The maximum Gasteiger partial charge on any atom is 0.315 e. The van der Waals surface area contributed by atoms with Crippen LogP contribution in [0.15, 0.2) is 24.3 Å². The molecule has 0 spiro atoms. The van der Waals surface area contributed by atoms with Gasteiger partial charge in [0.2, 0.25) is 23.6 Å². The van der Waals surface area contributed by atoms with E-state index in [1.165, 1.54) is 0 Å². The highest BCUT2D eigenvalue weighted by Crippen LogP contribution is 2.35. The Labute approximate surface area is 465 Å². The molecule has 1 aromatic carbocycles. The van der Waals surface area contributed by atoms with Crippen LogP contribution in [0.1, 0.15) is 70.3 Å². The number of benzene rings is 1. The van der Waals surface area contributed by atoms with Crippen molar-refractivity contribution in [1.29, 1.82) is 0 Å². The molecule has 7 amide bonds. The minimum atomic E-state index is -1.98. The van der Waals surface area contributed by atoms with Crippen molar-refractivity contribution in [2.24, 2.45) is 0 Å². The number of rotatable bonds is 31. The van der Waals surface area contributed by atoms with Crippen molar-refractivity contribution < 1.29 is 108 Å². The van der Waals surface area contributed by atoms with Crippen molar-refractivity contribution >= 4 is 47.3 Å². The number of carbonyl (C=O) groups excluding carboxylic acids is 6. The highest BCUT2D eigenvalue weighted by Gasteiger charge is 2.54. The van der Waals surface area contributed by atoms with Gasteiger partial charge in [-0.05, 0) is 49.8 Å². The zero-order valence-electron chi connectivity index (χ0n) is 44.4. The fourth-order valence-corrected chi connectivity index (χ4v) is 11.3. The summed E-state index contributed by atoms with van der Waals surface area (Å²) in [7, 11) is 0. The van der Waals surface area contributed by atoms with E-state index in [1.54, 1.807) is 24.3 Å². The Hall–Kier alpha value is -4.61. The highest BCUT2D eigenvalue weighted by molar-refractivity contribution is 8.00. The highest BCUT2D eigenvalue weighted by atomic mass is 32.2. The average molecular weight is 1160 g/mol. The minimum absolute atomic E-state index is 0.0750. The van der Waals surface area contributed by atoms with Crippen molar-refractivity contribution in [1.82, 2.24) is 37.2 Å². The molecule has 0 radical (unpaired) electrons. The van der Waals surface area contributed by atoms with Crippen molar-refractivity contribution in [2.75, 3.05) is 58.4 Å². The lowest BCUT2D eigenvalue weighted by molar-refractivity contribution is -0.376. The molecule has 0 aliphatic carbocycles. The van der Waals surface area contributed by atoms with Crippen LogP contribution in [0.25, 0.3) is 0 Å². The molecule has 6 rings (SSSR count). The largest absolute Gasteiger partial charge is 0.484 e. The van der Waals surface area contributed by atoms with Crippen LogP contribution in [0.5, 0.6) is 5.75 Å². The maximum atomic E-state index is 12.7.